The number of likely N-dealkylation sites (tertiary alicyclic amines) is 1. The Morgan fingerprint density at radius 1 is 1.53 bits per heavy atom. The van der Waals surface area contributed by atoms with Crippen LogP contribution in [0.15, 0.2) is 22.0 Å². The summed E-state index contributed by atoms with van der Waals surface area (Å²) in [4.78, 5) is 19.4. The summed E-state index contributed by atoms with van der Waals surface area (Å²) in [6.07, 6.45) is 3.00. The molecule has 0 N–H and O–H groups in total. The maximum Gasteiger partial charge on any atom is 0.264 e. The molecule has 0 spiro atoms. The first kappa shape index (κ1) is 12.3. The van der Waals surface area contributed by atoms with Crippen molar-refractivity contribution in [3.8, 4) is 0 Å². The molecule has 1 fully saturated rings. The van der Waals surface area contributed by atoms with Crippen molar-refractivity contribution >= 4 is 17.2 Å². The number of aromatic nitrogens is 2. The van der Waals surface area contributed by atoms with Gasteiger partial charge in [0.15, 0.2) is 5.82 Å². The van der Waals surface area contributed by atoms with E-state index in [1.807, 2.05) is 22.4 Å². The predicted octanol–water partition coefficient (Wildman–Crippen LogP) is 2.81. The fourth-order valence-corrected chi connectivity index (χ4v) is 3.10. The van der Waals surface area contributed by atoms with E-state index in [0.717, 1.165) is 30.7 Å². The number of aryl methyl sites for hydroxylation is 1. The number of hydrogen-bond donors (Lipinski definition) is 0. The zero-order valence-electron chi connectivity index (χ0n) is 10.7. The van der Waals surface area contributed by atoms with E-state index < -0.39 is 0 Å². The van der Waals surface area contributed by atoms with Gasteiger partial charge in [-0.05, 0) is 37.6 Å². The van der Waals surface area contributed by atoms with Crippen LogP contribution in [0.1, 0.15) is 46.7 Å². The number of rotatable bonds is 2. The van der Waals surface area contributed by atoms with E-state index in [9.17, 15) is 4.79 Å². The zero-order chi connectivity index (χ0) is 13.2. The van der Waals surface area contributed by atoms with Crippen molar-refractivity contribution in [1.29, 1.82) is 0 Å². The summed E-state index contributed by atoms with van der Waals surface area (Å²) in [6, 6.07) is 3.68. The lowest BCUT2D eigenvalue weighted by Gasteiger charge is -2.33. The van der Waals surface area contributed by atoms with Crippen LogP contribution < -0.4 is 0 Å². The van der Waals surface area contributed by atoms with Crippen LogP contribution in [-0.2, 0) is 0 Å². The largest absolute Gasteiger partial charge is 0.337 e. The first-order valence-electron chi connectivity index (χ1n) is 6.40. The Morgan fingerprint density at radius 2 is 2.42 bits per heavy atom. The molecule has 3 rings (SSSR count). The minimum absolute atomic E-state index is 0.0653. The van der Waals surface area contributed by atoms with Crippen LogP contribution in [0.3, 0.4) is 0 Å². The third kappa shape index (κ3) is 2.40. The molecule has 1 aliphatic heterocycles. The lowest BCUT2D eigenvalue weighted by atomic mass is 10.0. The second-order valence-electron chi connectivity index (χ2n) is 4.67. The monoisotopic (exact) mass is 277 g/mol. The van der Waals surface area contributed by atoms with Crippen molar-refractivity contribution < 1.29 is 9.32 Å². The molecule has 0 bridgehead atoms. The molecular formula is C13H15N3O2S. The van der Waals surface area contributed by atoms with E-state index in [1.165, 1.54) is 11.3 Å². The maximum atomic E-state index is 12.5. The second-order valence-corrected chi connectivity index (χ2v) is 5.61. The topological polar surface area (TPSA) is 59.2 Å². The van der Waals surface area contributed by atoms with Gasteiger partial charge in [-0.3, -0.25) is 4.79 Å². The fourth-order valence-electron chi connectivity index (χ4n) is 2.42. The average Bonchev–Trinajstić information content (AvgIpc) is 3.09. The number of thiophene rings is 1. The van der Waals surface area contributed by atoms with Gasteiger partial charge in [0.2, 0.25) is 5.89 Å². The fraction of sp³-hybridized carbons (Fsp3) is 0.462. The Hall–Kier alpha value is -1.69. The van der Waals surface area contributed by atoms with Crippen LogP contribution in [0.2, 0.25) is 0 Å². The maximum absolute atomic E-state index is 12.5. The van der Waals surface area contributed by atoms with Crippen molar-refractivity contribution in [2.24, 2.45) is 0 Å². The molecular weight excluding hydrogens is 262 g/mol. The number of piperidine rings is 1. The summed E-state index contributed by atoms with van der Waals surface area (Å²) in [6.45, 7) is 2.55. The van der Waals surface area contributed by atoms with Crippen molar-refractivity contribution in [2.45, 2.75) is 32.2 Å². The van der Waals surface area contributed by atoms with Crippen LogP contribution in [0, 0.1) is 6.92 Å². The van der Waals surface area contributed by atoms with Crippen LogP contribution in [0.4, 0.5) is 0 Å². The van der Waals surface area contributed by atoms with Gasteiger partial charge in [-0.2, -0.15) is 4.98 Å². The minimum atomic E-state index is -0.0791. The van der Waals surface area contributed by atoms with Gasteiger partial charge >= 0.3 is 0 Å². The van der Waals surface area contributed by atoms with Crippen LogP contribution in [0.25, 0.3) is 0 Å². The van der Waals surface area contributed by atoms with Gasteiger partial charge in [0.1, 0.15) is 6.04 Å². The number of hydrogen-bond acceptors (Lipinski definition) is 5. The van der Waals surface area contributed by atoms with Crippen LogP contribution >= 0.6 is 11.3 Å². The molecule has 0 aromatic carbocycles. The molecule has 0 saturated carbocycles. The van der Waals surface area contributed by atoms with Gasteiger partial charge in [-0.15, -0.1) is 11.3 Å². The normalized spacial score (nSPS) is 19.6. The molecule has 0 aliphatic carbocycles. The van der Waals surface area contributed by atoms with Gasteiger partial charge in [0.25, 0.3) is 5.91 Å². The molecule has 0 radical (unpaired) electrons. The van der Waals surface area contributed by atoms with Crippen LogP contribution in [-0.4, -0.2) is 27.5 Å². The highest BCUT2D eigenvalue weighted by molar-refractivity contribution is 7.12. The van der Waals surface area contributed by atoms with E-state index in [4.69, 9.17) is 4.52 Å². The lowest BCUT2D eigenvalue weighted by molar-refractivity contribution is 0.0566. The second kappa shape index (κ2) is 5.13. The van der Waals surface area contributed by atoms with E-state index in [0.29, 0.717) is 11.7 Å². The molecule has 1 amide bonds. The van der Waals surface area contributed by atoms with Gasteiger partial charge in [-0.25, -0.2) is 0 Å². The van der Waals surface area contributed by atoms with Crippen molar-refractivity contribution in [2.75, 3.05) is 6.54 Å². The Labute approximate surface area is 115 Å². The summed E-state index contributed by atoms with van der Waals surface area (Å²) in [5.74, 6) is 1.24. The van der Waals surface area contributed by atoms with Gasteiger partial charge < -0.3 is 9.42 Å². The number of carbonyl (C=O) groups is 1. The Balaban J connectivity index is 1.87. The molecule has 1 saturated heterocycles. The van der Waals surface area contributed by atoms with Gasteiger partial charge in [0, 0.05) is 6.54 Å². The first-order chi connectivity index (χ1) is 9.25. The molecule has 5 nitrogen and oxygen atoms in total. The minimum Gasteiger partial charge on any atom is -0.337 e. The average molecular weight is 277 g/mol. The molecule has 2 aromatic heterocycles. The molecule has 1 unspecified atom stereocenters. The third-order valence-electron chi connectivity index (χ3n) is 3.32. The molecule has 2 aromatic rings. The number of carbonyl (C=O) groups excluding carboxylic acids is 1. The van der Waals surface area contributed by atoms with Gasteiger partial charge in [-0.1, -0.05) is 11.2 Å². The van der Waals surface area contributed by atoms with E-state index in [-0.39, 0.29) is 11.9 Å². The van der Waals surface area contributed by atoms with E-state index in [1.54, 1.807) is 6.92 Å². The molecule has 100 valence electrons. The number of nitrogens with zero attached hydrogens (tertiary/aromatic N) is 3. The van der Waals surface area contributed by atoms with Gasteiger partial charge in [0.05, 0.1) is 4.88 Å². The molecule has 6 heteroatoms. The van der Waals surface area contributed by atoms with E-state index in [2.05, 4.69) is 10.1 Å². The van der Waals surface area contributed by atoms with E-state index >= 15 is 0 Å². The first-order valence-corrected chi connectivity index (χ1v) is 7.28. The molecule has 19 heavy (non-hydrogen) atoms. The summed E-state index contributed by atoms with van der Waals surface area (Å²) < 4.78 is 5.25. The standard InChI is InChI=1S/C13H15N3O2S/c1-9-14-12(18-15-9)10-5-2-3-7-16(10)13(17)11-6-4-8-19-11/h4,6,8,10H,2-3,5,7H2,1H3. The molecule has 1 atom stereocenters. The number of amides is 1. The summed E-state index contributed by atoms with van der Waals surface area (Å²) in [7, 11) is 0. The summed E-state index contributed by atoms with van der Waals surface area (Å²) in [5.41, 5.74) is 0. The Bertz CT molecular complexity index is 564. The zero-order valence-corrected chi connectivity index (χ0v) is 11.5. The van der Waals surface area contributed by atoms with Crippen molar-refractivity contribution in [3.05, 3.63) is 34.1 Å². The smallest absolute Gasteiger partial charge is 0.264 e. The summed E-state index contributed by atoms with van der Waals surface area (Å²) in [5, 5.41) is 5.75. The van der Waals surface area contributed by atoms with Crippen LogP contribution in [0.5, 0.6) is 0 Å². The molecule has 3 heterocycles. The predicted molar refractivity (Wildman–Crippen MR) is 71.0 cm³/mol. The van der Waals surface area contributed by atoms with Crippen molar-refractivity contribution in [3.63, 3.8) is 0 Å². The highest BCUT2D eigenvalue weighted by Gasteiger charge is 2.32. The highest BCUT2D eigenvalue weighted by Crippen LogP contribution is 2.31. The lowest BCUT2D eigenvalue weighted by Crippen LogP contribution is -2.38. The third-order valence-corrected chi connectivity index (χ3v) is 4.18. The quantitative estimate of drug-likeness (QED) is 0.847. The SMILES string of the molecule is Cc1noc(C2CCCCN2C(=O)c2cccs2)n1. The summed E-state index contributed by atoms with van der Waals surface area (Å²) >= 11 is 1.47. The highest BCUT2D eigenvalue weighted by atomic mass is 32.1. The van der Waals surface area contributed by atoms with Crippen molar-refractivity contribution in [1.82, 2.24) is 15.0 Å². The Kier molecular flexibility index (Phi) is 3.33. The Morgan fingerprint density at radius 3 is 3.11 bits per heavy atom. The molecule has 1 aliphatic rings.